The Kier molecular flexibility index (Phi) is 6.90. The molecular weight excluding hydrogens is 466 g/mol. The van der Waals surface area contributed by atoms with Gasteiger partial charge in [-0.25, -0.2) is 4.79 Å². The summed E-state index contributed by atoms with van der Waals surface area (Å²) in [6.07, 6.45) is 0.00830. The number of hydrogen-bond donors (Lipinski definition) is 3. The fourth-order valence-corrected chi connectivity index (χ4v) is 4.13. The van der Waals surface area contributed by atoms with E-state index in [2.05, 4.69) is 43.1 Å². The van der Waals surface area contributed by atoms with Crippen molar-refractivity contribution >= 4 is 11.9 Å². The van der Waals surface area contributed by atoms with Crippen LogP contribution in [0.25, 0.3) is 33.6 Å². The maximum Gasteiger partial charge on any atom is 0.335 e. The quantitative estimate of drug-likeness (QED) is 0.277. The van der Waals surface area contributed by atoms with E-state index in [1.54, 1.807) is 36.4 Å². The smallest absolute Gasteiger partial charge is 0.335 e. The fraction of sp³-hybridized carbons (Fsp3) is 0.233. The van der Waals surface area contributed by atoms with E-state index in [1.165, 1.54) is 0 Å². The third kappa shape index (κ3) is 5.56. The Labute approximate surface area is 216 Å². The number of aromatic nitrogens is 2. The first-order chi connectivity index (χ1) is 17.4. The summed E-state index contributed by atoms with van der Waals surface area (Å²) in [5.74, 6) is -0.737. The molecule has 4 rings (SSSR count). The van der Waals surface area contributed by atoms with Crippen LogP contribution in [0.2, 0.25) is 0 Å². The fourth-order valence-electron chi connectivity index (χ4n) is 4.13. The number of benzene rings is 3. The van der Waals surface area contributed by atoms with Crippen LogP contribution in [0.15, 0.2) is 66.7 Å². The van der Waals surface area contributed by atoms with Gasteiger partial charge in [0.1, 0.15) is 11.4 Å². The lowest BCUT2D eigenvalue weighted by Crippen LogP contribution is -2.13. The molecule has 4 aromatic rings. The molecule has 0 aliphatic heterocycles. The topological polar surface area (TPSA) is 118 Å². The van der Waals surface area contributed by atoms with E-state index in [-0.39, 0.29) is 17.1 Å². The Morgan fingerprint density at radius 3 is 2.03 bits per heavy atom. The predicted molar refractivity (Wildman–Crippen MR) is 145 cm³/mol. The van der Waals surface area contributed by atoms with Crippen molar-refractivity contribution in [1.82, 2.24) is 10.2 Å². The largest absolute Gasteiger partial charge is 0.491 e. The second-order valence-electron chi connectivity index (χ2n) is 10.3. The molecule has 7 nitrogen and oxygen atoms in total. The monoisotopic (exact) mass is 497 g/mol. The number of nitrogens with two attached hydrogens (primary N) is 1. The van der Waals surface area contributed by atoms with E-state index in [0.717, 1.165) is 39.3 Å². The highest BCUT2D eigenvalue weighted by Gasteiger charge is 2.22. The number of nitrogens with one attached hydrogen (secondary N) is 1. The van der Waals surface area contributed by atoms with Crippen molar-refractivity contribution < 1.29 is 19.4 Å². The average molecular weight is 498 g/mol. The summed E-state index contributed by atoms with van der Waals surface area (Å²) in [5, 5.41) is 17.2. The van der Waals surface area contributed by atoms with Gasteiger partial charge >= 0.3 is 5.97 Å². The van der Waals surface area contributed by atoms with Gasteiger partial charge in [0.2, 0.25) is 5.91 Å². The normalized spacial score (nSPS) is 11.5. The number of hydrogen-bond acceptors (Lipinski definition) is 4. The van der Waals surface area contributed by atoms with Crippen molar-refractivity contribution in [2.45, 2.75) is 46.1 Å². The number of amides is 1. The van der Waals surface area contributed by atoms with E-state index in [1.807, 2.05) is 32.0 Å². The minimum Gasteiger partial charge on any atom is -0.491 e. The minimum absolute atomic E-state index is 0.00830. The van der Waals surface area contributed by atoms with Crippen LogP contribution in [0, 0.1) is 0 Å². The molecule has 0 saturated carbocycles. The molecule has 190 valence electrons. The van der Waals surface area contributed by atoms with Gasteiger partial charge in [-0.2, -0.15) is 5.10 Å². The van der Waals surface area contributed by atoms with E-state index in [9.17, 15) is 14.7 Å². The summed E-state index contributed by atoms with van der Waals surface area (Å²) in [4.78, 5) is 23.0. The Bertz CT molecular complexity index is 1440. The molecule has 7 heteroatoms. The summed E-state index contributed by atoms with van der Waals surface area (Å²) < 4.78 is 6.09. The number of carbonyl (C=O) groups excluding carboxylic acids is 1. The Balaban J connectivity index is 1.95. The van der Waals surface area contributed by atoms with Crippen molar-refractivity contribution in [3.05, 3.63) is 83.4 Å². The molecule has 1 heterocycles. The molecule has 0 radical (unpaired) electrons. The van der Waals surface area contributed by atoms with Crippen molar-refractivity contribution in [1.29, 1.82) is 0 Å². The number of carboxylic acid groups (broad SMARTS) is 1. The van der Waals surface area contributed by atoms with Gasteiger partial charge < -0.3 is 15.6 Å². The molecule has 37 heavy (non-hydrogen) atoms. The summed E-state index contributed by atoms with van der Waals surface area (Å²) in [6.45, 7) is 10.4. The number of ether oxygens (including phenoxy) is 1. The van der Waals surface area contributed by atoms with Crippen LogP contribution in [-0.4, -0.2) is 33.3 Å². The van der Waals surface area contributed by atoms with Crippen molar-refractivity contribution in [2.75, 3.05) is 0 Å². The van der Waals surface area contributed by atoms with E-state index < -0.39 is 11.9 Å². The molecular formula is C30H31N3O4. The highest BCUT2D eigenvalue weighted by atomic mass is 16.5. The number of carboxylic acids is 1. The van der Waals surface area contributed by atoms with Crippen molar-refractivity contribution in [2.24, 2.45) is 5.73 Å². The van der Waals surface area contributed by atoms with Gasteiger partial charge in [-0.1, -0.05) is 45.0 Å². The zero-order valence-electron chi connectivity index (χ0n) is 21.6. The number of aromatic carboxylic acids is 1. The molecule has 0 atom stereocenters. The second-order valence-corrected chi connectivity index (χ2v) is 10.3. The first kappa shape index (κ1) is 25.7. The zero-order valence-corrected chi connectivity index (χ0v) is 21.6. The van der Waals surface area contributed by atoms with Gasteiger partial charge in [-0.3, -0.25) is 9.89 Å². The number of rotatable bonds is 7. The summed E-state index contributed by atoms with van der Waals surface area (Å²) >= 11 is 0. The maximum atomic E-state index is 11.7. The standard InChI is InChI=1S/C30H31N3O4/c1-17(2)37-24-15-22(14-23(16-24)30(3,4)5)27-25(18-6-10-20(11-7-18)28(31)34)26(32-33-27)19-8-12-21(13-9-19)29(35)36/h6-17H,1-5H3,(H2,31,34)(H,32,33)(H,35,36). The average Bonchev–Trinajstić information content (AvgIpc) is 3.28. The van der Waals surface area contributed by atoms with Crippen LogP contribution in [0.5, 0.6) is 5.75 Å². The van der Waals surface area contributed by atoms with E-state index >= 15 is 0 Å². The van der Waals surface area contributed by atoms with Crippen LogP contribution in [0.3, 0.4) is 0 Å². The van der Waals surface area contributed by atoms with Gasteiger partial charge in [0, 0.05) is 22.3 Å². The third-order valence-corrected chi connectivity index (χ3v) is 6.06. The van der Waals surface area contributed by atoms with Crippen LogP contribution in [0.4, 0.5) is 0 Å². The zero-order chi connectivity index (χ0) is 26.9. The minimum atomic E-state index is -0.992. The molecule has 4 N–H and O–H groups in total. The van der Waals surface area contributed by atoms with Crippen molar-refractivity contribution in [3.63, 3.8) is 0 Å². The number of carbonyl (C=O) groups is 2. The molecule has 0 spiro atoms. The van der Waals surface area contributed by atoms with Gasteiger partial charge in [-0.15, -0.1) is 0 Å². The van der Waals surface area contributed by atoms with E-state index in [4.69, 9.17) is 10.5 Å². The Morgan fingerprint density at radius 1 is 0.892 bits per heavy atom. The molecule has 0 unspecified atom stereocenters. The number of primary amides is 1. The summed E-state index contributed by atoms with van der Waals surface area (Å²) in [6, 6.07) is 19.8. The molecule has 3 aromatic carbocycles. The second kappa shape index (κ2) is 9.93. The van der Waals surface area contributed by atoms with Crippen molar-refractivity contribution in [3.8, 4) is 39.4 Å². The molecule has 0 fully saturated rings. The van der Waals surface area contributed by atoms with E-state index in [0.29, 0.717) is 11.3 Å². The Morgan fingerprint density at radius 2 is 1.49 bits per heavy atom. The molecule has 0 aliphatic carbocycles. The number of nitrogens with zero attached hydrogens (tertiary/aromatic N) is 1. The highest BCUT2D eigenvalue weighted by molar-refractivity contribution is 5.96. The first-order valence-electron chi connectivity index (χ1n) is 12.1. The highest BCUT2D eigenvalue weighted by Crippen LogP contribution is 2.41. The third-order valence-electron chi connectivity index (χ3n) is 6.06. The predicted octanol–water partition coefficient (Wildman–Crippen LogP) is 6.29. The first-order valence-corrected chi connectivity index (χ1v) is 12.1. The molecule has 0 aliphatic rings. The van der Waals surface area contributed by atoms with Crippen LogP contribution in [-0.2, 0) is 5.41 Å². The van der Waals surface area contributed by atoms with Crippen LogP contribution >= 0.6 is 0 Å². The van der Waals surface area contributed by atoms with Crippen LogP contribution < -0.4 is 10.5 Å². The SMILES string of the molecule is CC(C)Oc1cc(-c2[nH]nc(-c3ccc(C(=O)O)cc3)c2-c2ccc(C(N)=O)cc2)cc(C(C)(C)C)c1. The molecule has 1 amide bonds. The summed E-state index contributed by atoms with van der Waals surface area (Å²) in [5.41, 5.74) is 11.8. The van der Waals surface area contributed by atoms with Crippen LogP contribution in [0.1, 0.15) is 60.9 Å². The lowest BCUT2D eigenvalue weighted by Gasteiger charge is -2.22. The van der Waals surface area contributed by atoms with Gasteiger partial charge in [0.15, 0.2) is 0 Å². The van der Waals surface area contributed by atoms with Gasteiger partial charge in [-0.05, 0) is 72.9 Å². The lowest BCUT2D eigenvalue weighted by atomic mass is 9.85. The van der Waals surface area contributed by atoms with Gasteiger partial charge in [0.25, 0.3) is 0 Å². The lowest BCUT2D eigenvalue weighted by molar-refractivity contribution is 0.0696. The number of aromatic amines is 1. The van der Waals surface area contributed by atoms with Gasteiger partial charge in [0.05, 0.1) is 17.4 Å². The summed E-state index contributed by atoms with van der Waals surface area (Å²) in [7, 11) is 0. The number of H-pyrrole nitrogens is 1. The molecule has 0 saturated heterocycles. The Hall–Kier alpha value is -4.39. The maximum absolute atomic E-state index is 11.7. The molecule has 0 bridgehead atoms. The molecule has 1 aromatic heterocycles.